The van der Waals surface area contributed by atoms with Crippen LogP contribution in [0.4, 0.5) is 10.8 Å². The van der Waals surface area contributed by atoms with Crippen LogP contribution in [-0.4, -0.2) is 31.1 Å². The Morgan fingerprint density at radius 3 is 2.60 bits per heavy atom. The van der Waals surface area contributed by atoms with Gasteiger partial charge in [0.25, 0.3) is 0 Å². The van der Waals surface area contributed by atoms with Gasteiger partial charge in [0.1, 0.15) is 9.90 Å². The largest absolute Gasteiger partial charge is 0.382 e. The Morgan fingerprint density at radius 1 is 1.35 bits per heavy atom. The fourth-order valence-electron chi connectivity index (χ4n) is 2.46. The van der Waals surface area contributed by atoms with Gasteiger partial charge in [-0.1, -0.05) is 6.92 Å². The third-order valence-electron chi connectivity index (χ3n) is 3.86. The van der Waals surface area contributed by atoms with Gasteiger partial charge in [0.05, 0.1) is 5.25 Å². The lowest BCUT2D eigenvalue weighted by Crippen LogP contribution is -2.27. The second-order valence-corrected chi connectivity index (χ2v) is 8.75. The fourth-order valence-corrected chi connectivity index (χ4v) is 5.52. The van der Waals surface area contributed by atoms with Crippen molar-refractivity contribution in [2.24, 2.45) is 5.92 Å². The lowest BCUT2D eigenvalue weighted by molar-refractivity contribution is 0.594. The van der Waals surface area contributed by atoms with Crippen LogP contribution in [0.5, 0.6) is 0 Å². The predicted octanol–water partition coefficient (Wildman–Crippen LogP) is 2.29. The molecule has 2 fully saturated rings. The second-order valence-electron chi connectivity index (χ2n) is 5.84. The quantitative estimate of drug-likeness (QED) is 0.835. The maximum Gasteiger partial charge on any atom is 0.187 e. The lowest BCUT2D eigenvalue weighted by Gasteiger charge is -2.23. The number of sulfone groups is 1. The van der Waals surface area contributed by atoms with E-state index in [1.54, 1.807) is 0 Å². The molecule has 0 radical (unpaired) electrons. The van der Waals surface area contributed by atoms with E-state index in [1.807, 2.05) is 0 Å². The molecule has 0 atom stereocenters. The van der Waals surface area contributed by atoms with Crippen molar-refractivity contribution < 1.29 is 8.42 Å². The number of hydrogen-bond acceptors (Lipinski definition) is 6. The highest BCUT2D eigenvalue weighted by Gasteiger charge is 2.42. The van der Waals surface area contributed by atoms with E-state index < -0.39 is 9.84 Å². The molecule has 2 aliphatic carbocycles. The molecule has 20 heavy (non-hydrogen) atoms. The van der Waals surface area contributed by atoms with Gasteiger partial charge in [0.15, 0.2) is 15.7 Å². The molecule has 0 saturated heterocycles. The molecule has 7 heteroatoms. The summed E-state index contributed by atoms with van der Waals surface area (Å²) < 4.78 is 29.3. The zero-order valence-corrected chi connectivity index (χ0v) is 13.3. The number of aromatic nitrogens is 1. The van der Waals surface area contributed by atoms with E-state index in [1.165, 1.54) is 24.4 Å². The van der Waals surface area contributed by atoms with Crippen LogP contribution in [0.1, 0.15) is 39.0 Å². The summed E-state index contributed by atoms with van der Waals surface area (Å²) in [5, 5.41) is 0.535. The third-order valence-corrected chi connectivity index (χ3v) is 7.23. The van der Waals surface area contributed by atoms with E-state index in [9.17, 15) is 8.42 Å². The minimum Gasteiger partial charge on any atom is -0.382 e. The van der Waals surface area contributed by atoms with Crippen LogP contribution in [0.25, 0.3) is 0 Å². The van der Waals surface area contributed by atoms with Gasteiger partial charge in [0, 0.05) is 13.1 Å². The Morgan fingerprint density at radius 2 is 2.05 bits per heavy atom. The Balaban J connectivity index is 1.95. The van der Waals surface area contributed by atoms with Crippen molar-refractivity contribution in [3.8, 4) is 0 Å². The van der Waals surface area contributed by atoms with Crippen LogP contribution >= 0.6 is 11.5 Å². The van der Waals surface area contributed by atoms with Crippen molar-refractivity contribution in [2.75, 3.05) is 23.7 Å². The second kappa shape index (κ2) is 5.18. The third kappa shape index (κ3) is 2.65. The minimum atomic E-state index is -3.28. The zero-order chi connectivity index (χ0) is 14.3. The molecule has 2 saturated carbocycles. The fraction of sp³-hybridized carbons (Fsp3) is 0.769. The lowest BCUT2D eigenvalue weighted by atomic mass is 10.3. The number of rotatable bonds is 7. The number of nitrogen functional groups attached to an aromatic ring is 1. The molecule has 1 heterocycles. The molecule has 0 bridgehead atoms. The summed E-state index contributed by atoms with van der Waals surface area (Å²) in [6, 6.07) is 0. The summed E-state index contributed by atoms with van der Waals surface area (Å²) in [4.78, 5) is 2.49. The first-order valence-electron chi connectivity index (χ1n) is 7.28. The van der Waals surface area contributed by atoms with Gasteiger partial charge in [-0.05, 0) is 49.6 Å². The van der Waals surface area contributed by atoms with Crippen LogP contribution in [-0.2, 0) is 9.84 Å². The van der Waals surface area contributed by atoms with Crippen molar-refractivity contribution in [3.05, 3.63) is 0 Å². The Labute approximate surface area is 124 Å². The van der Waals surface area contributed by atoms with Gasteiger partial charge < -0.3 is 10.6 Å². The maximum atomic E-state index is 12.6. The molecule has 5 nitrogen and oxygen atoms in total. The molecule has 112 valence electrons. The van der Waals surface area contributed by atoms with Crippen molar-refractivity contribution >= 4 is 32.2 Å². The van der Waals surface area contributed by atoms with Crippen molar-refractivity contribution in [1.82, 2.24) is 4.37 Å². The molecule has 0 amide bonds. The van der Waals surface area contributed by atoms with E-state index in [-0.39, 0.29) is 11.1 Å². The van der Waals surface area contributed by atoms with Gasteiger partial charge in [-0.2, -0.15) is 4.37 Å². The number of anilines is 2. The van der Waals surface area contributed by atoms with Gasteiger partial charge in [-0.3, -0.25) is 0 Å². The maximum absolute atomic E-state index is 12.6. The number of hydrogen-bond donors (Lipinski definition) is 1. The highest BCUT2D eigenvalue weighted by Crippen LogP contribution is 2.43. The van der Waals surface area contributed by atoms with E-state index in [0.29, 0.717) is 10.8 Å². The molecule has 2 N–H and O–H groups in total. The van der Waals surface area contributed by atoms with Gasteiger partial charge in [-0.25, -0.2) is 8.42 Å². The van der Waals surface area contributed by atoms with E-state index in [0.717, 1.165) is 37.4 Å². The van der Waals surface area contributed by atoms with Crippen LogP contribution < -0.4 is 10.6 Å². The van der Waals surface area contributed by atoms with Crippen molar-refractivity contribution in [2.45, 2.75) is 49.2 Å². The van der Waals surface area contributed by atoms with Crippen LogP contribution in [0, 0.1) is 5.92 Å². The van der Waals surface area contributed by atoms with Crippen molar-refractivity contribution in [1.29, 1.82) is 0 Å². The summed E-state index contributed by atoms with van der Waals surface area (Å²) in [7, 11) is -3.28. The molecule has 3 rings (SSSR count). The normalized spacial score (nSPS) is 19.2. The average Bonchev–Trinajstić information content (AvgIpc) is 3.27. The number of nitrogens with two attached hydrogens (primary N) is 1. The van der Waals surface area contributed by atoms with Crippen molar-refractivity contribution in [3.63, 3.8) is 0 Å². The Bertz CT molecular complexity index is 589. The molecule has 1 aromatic heterocycles. The Hall–Kier alpha value is -0.820. The first kappa shape index (κ1) is 14.1. The molecule has 2 aliphatic rings. The molecular formula is C13H21N3O2S2. The Kier molecular flexibility index (Phi) is 3.66. The summed E-state index contributed by atoms with van der Waals surface area (Å²) in [5.41, 5.74) is 5.87. The van der Waals surface area contributed by atoms with Gasteiger partial charge in [0.2, 0.25) is 0 Å². The first-order chi connectivity index (χ1) is 9.54. The minimum absolute atomic E-state index is 0.189. The molecule has 0 aliphatic heterocycles. The SMILES string of the molecule is CCCN(CC1CC1)c1snc(N)c1S(=O)(=O)C1CC1. The molecule has 0 aromatic carbocycles. The van der Waals surface area contributed by atoms with Crippen LogP contribution in [0.15, 0.2) is 4.90 Å². The first-order valence-corrected chi connectivity index (χ1v) is 9.60. The van der Waals surface area contributed by atoms with E-state index in [4.69, 9.17) is 5.73 Å². The summed E-state index contributed by atoms with van der Waals surface area (Å²) >= 11 is 1.24. The monoisotopic (exact) mass is 315 g/mol. The molecule has 0 spiro atoms. The highest BCUT2D eigenvalue weighted by atomic mass is 32.2. The molecule has 1 aromatic rings. The summed E-state index contributed by atoms with van der Waals surface area (Å²) in [6.07, 6.45) is 5.01. The van der Waals surface area contributed by atoms with E-state index >= 15 is 0 Å². The summed E-state index contributed by atoms with van der Waals surface area (Å²) in [6.45, 7) is 3.91. The highest BCUT2D eigenvalue weighted by molar-refractivity contribution is 7.92. The molecular weight excluding hydrogens is 294 g/mol. The summed E-state index contributed by atoms with van der Waals surface area (Å²) in [5.74, 6) is 0.898. The average molecular weight is 315 g/mol. The standard InChI is InChI=1S/C13H21N3O2S2/c1-2-7-16(8-9-3-4-9)13-11(12(14)15-19-13)20(17,18)10-5-6-10/h9-10H,2-8H2,1H3,(H2,14,15). The van der Waals surface area contributed by atoms with Crippen LogP contribution in [0.3, 0.4) is 0 Å². The van der Waals surface area contributed by atoms with Crippen LogP contribution in [0.2, 0.25) is 0 Å². The number of nitrogens with zero attached hydrogens (tertiary/aromatic N) is 2. The smallest absolute Gasteiger partial charge is 0.187 e. The van der Waals surface area contributed by atoms with E-state index in [2.05, 4.69) is 16.2 Å². The molecule has 0 unspecified atom stereocenters. The van der Waals surface area contributed by atoms with Gasteiger partial charge >= 0.3 is 0 Å². The topological polar surface area (TPSA) is 76.3 Å². The predicted molar refractivity (Wildman–Crippen MR) is 82.0 cm³/mol. The zero-order valence-electron chi connectivity index (χ0n) is 11.7. The van der Waals surface area contributed by atoms with Gasteiger partial charge in [-0.15, -0.1) is 0 Å².